The topological polar surface area (TPSA) is 54.9 Å². The van der Waals surface area contributed by atoms with E-state index >= 15 is 0 Å². The first-order chi connectivity index (χ1) is 20.4. The second kappa shape index (κ2) is 13.7. The molecule has 0 bridgehead atoms. The zero-order valence-electron chi connectivity index (χ0n) is 30.8. The Morgan fingerprint density at radius 3 is 1.64 bits per heavy atom. The minimum atomic E-state index is 0.115. The van der Waals surface area contributed by atoms with Crippen molar-refractivity contribution in [1.82, 2.24) is 29.7 Å². The first kappa shape index (κ1) is 35.3. The van der Waals surface area contributed by atoms with Crippen molar-refractivity contribution < 1.29 is 0 Å². The van der Waals surface area contributed by atoms with Crippen LogP contribution in [0.2, 0.25) is 0 Å². The Morgan fingerprint density at radius 1 is 0.636 bits per heavy atom. The van der Waals surface area contributed by atoms with Crippen molar-refractivity contribution in [2.75, 3.05) is 57.1 Å². The molecule has 44 heavy (non-hydrogen) atoms. The van der Waals surface area contributed by atoms with Gasteiger partial charge in [0.2, 0.25) is 11.9 Å². The zero-order valence-corrected chi connectivity index (χ0v) is 30.8. The van der Waals surface area contributed by atoms with Crippen LogP contribution in [0.15, 0.2) is 0 Å². The molecule has 3 aliphatic rings. The fraction of sp³-hybridized carbons (Fsp3) is 0.917. The average Bonchev–Trinajstić information content (AvgIpc) is 2.93. The number of likely N-dealkylation sites (tertiary alicyclic amines) is 2. The molecule has 1 aromatic heterocycles. The van der Waals surface area contributed by atoms with Gasteiger partial charge in [0, 0.05) is 53.9 Å². The van der Waals surface area contributed by atoms with Crippen LogP contribution in [0.1, 0.15) is 132 Å². The molecular formula is C36H68N8. The van der Waals surface area contributed by atoms with E-state index in [1.807, 2.05) is 6.92 Å². The molecule has 0 unspecified atom stereocenters. The fourth-order valence-electron chi connectivity index (χ4n) is 8.61. The van der Waals surface area contributed by atoms with Crippen molar-refractivity contribution >= 4 is 11.9 Å². The van der Waals surface area contributed by atoms with Crippen LogP contribution in [-0.2, 0) is 0 Å². The molecule has 252 valence electrons. The third-order valence-electron chi connectivity index (χ3n) is 11.9. The van der Waals surface area contributed by atoms with Crippen LogP contribution in [-0.4, -0.2) is 111 Å². The molecule has 3 aliphatic heterocycles. The number of anilines is 2. The monoisotopic (exact) mass is 613 g/mol. The summed E-state index contributed by atoms with van der Waals surface area (Å²) in [7, 11) is 6.96. The average molecular weight is 613 g/mol. The van der Waals surface area contributed by atoms with Crippen molar-refractivity contribution in [2.24, 2.45) is 0 Å². The van der Waals surface area contributed by atoms with Gasteiger partial charge in [0.05, 0.1) is 0 Å². The summed E-state index contributed by atoms with van der Waals surface area (Å²) in [5.41, 5.74) is 0.707. The number of aryl methyl sites for hydroxylation is 1. The quantitative estimate of drug-likeness (QED) is 0.254. The summed E-state index contributed by atoms with van der Waals surface area (Å²) in [6, 6.07) is 1.07. The van der Waals surface area contributed by atoms with Crippen molar-refractivity contribution in [2.45, 2.75) is 167 Å². The van der Waals surface area contributed by atoms with Crippen LogP contribution < -0.4 is 9.80 Å². The molecule has 1 aromatic rings. The Labute approximate surface area is 271 Å². The minimum Gasteiger partial charge on any atom is -0.341 e. The Kier molecular flexibility index (Phi) is 11.0. The summed E-state index contributed by atoms with van der Waals surface area (Å²) < 4.78 is 0. The maximum Gasteiger partial charge on any atom is 0.230 e. The number of unbranched alkanes of at least 4 members (excludes halogenated alkanes) is 3. The fourth-order valence-corrected chi connectivity index (χ4v) is 8.61. The van der Waals surface area contributed by atoms with Gasteiger partial charge in [0.25, 0.3) is 0 Å². The van der Waals surface area contributed by atoms with Gasteiger partial charge in [0.1, 0.15) is 5.82 Å². The highest BCUT2D eigenvalue weighted by molar-refractivity contribution is 5.41. The zero-order chi connectivity index (χ0) is 32.5. The third-order valence-corrected chi connectivity index (χ3v) is 11.9. The second-order valence-electron chi connectivity index (χ2n) is 17.1. The van der Waals surface area contributed by atoms with Crippen LogP contribution in [0.4, 0.5) is 11.9 Å². The molecule has 8 nitrogen and oxygen atoms in total. The van der Waals surface area contributed by atoms with E-state index in [1.54, 1.807) is 0 Å². The molecule has 8 heteroatoms. The van der Waals surface area contributed by atoms with Gasteiger partial charge in [0.15, 0.2) is 0 Å². The van der Waals surface area contributed by atoms with Gasteiger partial charge in [-0.3, -0.25) is 9.80 Å². The number of piperidine rings is 3. The Morgan fingerprint density at radius 2 is 1.11 bits per heavy atom. The van der Waals surface area contributed by atoms with E-state index in [0.717, 1.165) is 50.2 Å². The van der Waals surface area contributed by atoms with E-state index < -0.39 is 0 Å². The van der Waals surface area contributed by atoms with Crippen LogP contribution in [0, 0.1) is 6.92 Å². The highest BCUT2D eigenvalue weighted by Gasteiger charge is 2.46. The van der Waals surface area contributed by atoms with Gasteiger partial charge >= 0.3 is 0 Å². The van der Waals surface area contributed by atoms with E-state index in [-0.39, 0.29) is 22.2 Å². The van der Waals surface area contributed by atoms with E-state index in [1.165, 1.54) is 64.3 Å². The number of rotatable bonds is 11. The lowest BCUT2D eigenvalue weighted by atomic mass is 9.77. The third kappa shape index (κ3) is 8.25. The van der Waals surface area contributed by atoms with Crippen LogP contribution in [0.25, 0.3) is 0 Å². The van der Waals surface area contributed by atoms with Gasteiger partial charge < -0.3 is 14.7 Å². The molecule has 0 aromatic carbocycles. The first-order valence-electron chi connectivity index (χ1n) is 17.9. The Bertz CT molecular complexity index is 1040. The van der Waals surface area contributed by atoms with E-state index in [9.17, 15) is 0 Å². The molecule has 0 saturated carbocycles. The van der Waals surface area contributed by atoms with Gasteiger partial charge in [-0.2, -0.15) is 15.0 Å². The van der Waals surface area contributed by atoms with Crippen molar-refractivity contribution in [3.05, 3.63) is 5.82 Å². The standard InChI is InChI=1S/C36H68N8/c1-28-37-31(43-21-17-15-18-22-43)39-32(38-28)44(30-26-35(6,7)42(12)36(8,9)27-30)23-19-14-13-16-20-40(10)29-24-33(2,3)41(11)34(4,5)25-29/h29-30H,13-27H2,1-12H3. The summed E-state index contributed by atoms with van der Waals surface area (Å²) in [5.74, 6) is 2.62. The molecule has 0 amide bonds. The Hall–Kier alpha value is -1.51. The summed E-state index contributed by atoms with van der Waals surface area (Å²) in [4.78, 5) is 27.8. The minimum absolute atomic E-state index is 0.115. The van der Waals surface area contributed by atoms with Gasteiger partial charge in [-0.25, -0.2) is 0 Å². The predicted octanol–water partition coefficient (Wildman–Crippen LogP) is 6.77. The molecule has 4 heterocycles. The molecule has 4 rings (SSSR count). The van der Waals surface area contributed by atoms with Gasteiger partial charge in [-0.15, -0.1) is 0 Å². The number of hydrogen-bond acceptors (Lipinski definition) is 8. The molecule has 3 fully saturated rings. The normalized spacial score (nSPS) is 24.6. The lowest BCUT2D eigenvalue weighted by Crippen LogP contribution is -2.63. The Balaban J connectivity index is 1.40. The van der Waals surface area contributed by atoms with Crippen LogP contribution in [0.3, 0.4) is 0 Å². The van der Waals surface area contributed by atoms with Gasteiger partial charge in [-0.05, 0) is 148 Å². The highest BCUT2D eigenvalue weighted by Crippen LogP contribution is 2.41. The summed E-state index contributed by atoms with van der Waals surface area (Å²) in [5, 5.41) is 0. The van der Waals surface area contributed by atoms with E-state index in [0.29, 0.717) is 12.1 Å². The molecule has 0 radical (unpaired) electrons. The number of aromatic nitrogens is 3. The van der Waals surface area contributed by atoms with E-state index in [2.05, 4.69) is 101 Å². The second-order valence-corrected chi connectivity index (χ2v) is 17.1. The van der Waals surface area contributed by atoms with Crippen LogP contribution >= 0.6 is 0 Å². The first-order valence-corrected chi connectivity index (χ1v) is 17.9. The van der Waals surface area contributed by atoms with Gasteiger partial charge in [-0.1, -0.05) is 12.8 Å². The van der Waals surface area contributed by atoms with Crippen molar-refractivity contribution in [1.29, 1.82) is 0 Å². The smallest absolute Gasteiger partial charge is 0.230 e. The largest absolute Gasteiger partial charge is 0.341 e. The maximum absolute atomic E-state index is 5.17. The molecule has 0 atom stereocenters. The lowest BCUT2D eigenvalue weighted by Gasteiger charge is -2.55. The molecule has 3 saturated heterocycles. The molecule has 0 N–H and O–H groups in total. The van der Waals surface area contributed by atoms with Crippen molar-refractivity contribution in [3.8, 4) is 0 Å². The summed E-state index contributed by atoms with van der Waals surface area (Å²) in [6.07, 6.45) is 13.4. The highest BCUT2D eigenvalue weighted by atomic mass is 15.4. The SMILES string of the molecule is Cc1nc(N2CCCCC2)nc(N(CCCCCCN(C)C2CC(C)(C)N(C)C(C)(C)C2)C2CC(C)(C)N(C)C(C)(C)C2)n1. The number of hydrogen-bond donors (Lipinski definition) is 0. The number of nitrogens with zero attached hydrogens (tertiary/aromatic N) is 8. The summed E-state index contributed by atoms with van der Waals surface area (Å²) in [6.45, 7) is 25.6. The molecule has 0 aliphatic carbocycles. The molecular weight excluding hydrogens is 544 g/mol. The maximum atomic E-state index is 5.17. The van der Waals surface area contributed by atoms with E-state index in [4.69, 9.17) is 15.0 Å². The lowest BCUT2D eigenvalue weighted by molar-refractivity contribution is -0.0426. The van der Waals surface area contributed by atoms with Crippen LogP contribution in [0.5, 0.6) is 0 Å². The molecule has 0 spiro atoms. The van der Waals surface area contributed by atoms with Crippen molar-refractivity contribution in [3.63, 3.8) is 0 Å². The summed E-state index contributed by atoms with van der Waals surface area (Å²) >= 11 is 0. The predicted molar refractivity (Wildman–Crippen MR) is 187 cm³/mol.